The summed E-state index contributed by atoms with van der Waals surface area (Å²) in [4.78, 5) is 29.3. The standard InChI is InChI=1S/C7H7ClN4O2/c8-3-6(13)11-12-7(14)5-4-9-1-2-10-5/h1-2,4H,3H2,(H,11,13)(H,12,14). The number of hydrazine groups is 1. The summed E-state index contributed by atoms with van der Waals surface area (Å²) in [5, 5.41) is 0. The SMILES string of the molecule is O=C(CCl)NNC(=O)c1cnccn1. The van der Waals surface area contributed by atoms with E-state index in [4.69, 9.17) is 11.6 Å². The van der Waals surface area contributed by atoms with Crippen LogP contribution in [0.2, 0.25) is 0 Å². The van der Waals surface area contributed by atoms with E-state index in [0.29, 0.717) is 0 Å². The lowest BCUT2D eigenvalue weighted by Crippen LogP contribution is -2.42. The minimum Gasteiger partial charge on any atom is -0.272 e. The van der Waals surface area contributed by atoms with E-state index in [2.05, 4.69) is 20.8 Å². The molecule has 1 aromatic heterocycles. The molecule has 0 fully saturated rings. The molecule has 74 valence electrons. The van der Waals surface area contributed by atoms with Gasteiger partial charge >= 0.3 is 0 Å². The number of alkyl halides is 1. The molecular formula is C7H7ClN4O2. The molecule has 0 aliphatic rings. The maximum absolute atomic E-state index is 11.2. The number of rotatable bonds is 2. The molecule has 0 radical (unpaired) electrons. The molecule has 0 saturated carbocycles. The van der Waals surface area contributed by atoms with Crippen LogP contribution < -0.4 is 10.9 Å². The quantitative estimate of drug-likeness (QED) is 0.512. The van der Waals surface area contributed by atoms with Crippen molar-refractivity contribution in [2.45, 2.75) is 0 Å². The van der Waals surface area contributed by atoms with Crippen molar-refractivity contribution in [3.05, 3.63) is 24.3 Å². The Labute approximate surface area is 84.7 Å². The fourth-order valence-corrected chi connectivity index (χ4v) is 0.707. The Kier molecular flexibility index (Phi) is 3.81. The van der Waals surface area contributed by atoms with E-state index in [-0.39, 0.29) is 11.6 Å². The monoisotopic (exact) mass is 214 g/mol. The summed E-state index contributed by atoms with van der Waals surface area (Å²) in [5.41, 5.74) is 4.33. The molecule has 0 saturated heterocycles. The van der Waals surface area contributed by atoms with Crippen LogP contribution in [0.4, 0.5) is 0 Å². The molecule has 0 aliphatic heterocycles. The van der Waals surface area contributed by atoms with Crippen molar-refractivity contribution in [3.8, 4) is 0 Å². The van der Waals surface area contributed by atoms with Crippen molar-refractivity contribution in [3.63, 3.8) is 0 Å². The van der Waals surface area contributed by atoms with Crippen molar-refractivity contribution >= 4 is 23.4 Å². The number of hydrogen-bond acceptors (Lipinski definition) is 4. The lowest BCUT2D eigenvalue weighted by Gasteiger charge is -2.03. The molecule has 1 aromatic rings. The van der Waals surface area contributed by atoms with Crippen LogP contribution in [0.15, 0.2) is 18.6 Å². The number of carbonyl (C=O) groups excluding carboxylic acids is 2. The van der Waals surface area contributed by atoms with E-state index < -0.39 is 11.8 Å². The summed E-state index contributed by atoms with van der Waals surface area (Å²) in [6, 6.07) is 0. The van der Waals surface area contributed by atoms with Gasteiger partial charge in [-0.2, -0.15) is 0 Å². The zero-order chi connectivity index (χ0) is 10.4. The van der Waals surface area contributed by atoms with Crippen molar-refractivity contribution in [2.75, 3.05) is 5.88 Å². The van der Waals surface area contributed by atoms with Crippen LogP contribution >= 0.6 is 11.6 Å². The molecule has 1 heterocycles. The van der Waals surface area contributed by atoms with Gasteiger partial charge in [-0.15, -0.1) is 11.6 Å². The normalized spacial score (nSPS) is 9.21. The molecule has 7 heteroatoms. The van der Waals surface area contributed by atoms with Gasteiger partial charge < -0.3 is 0 Å². The molecule has 2 amide bonds. The summed E-state index contributed by atoms with van der Waals surface area (Å²) < 4.78 is 0. The van der Waals surface area contributed by atoms with Crippen LogP contribution in [0.1, 0.15) is 10.5 Å². The molecule has 2 N–H and O–H groups in total. The summed E-state index contributed by atoms with van der Waals surface area (Å²) in [6.45, 7) is 0. The maximum atomic E-state index is 11.2. The number of nitrogens with one attached hydrogen (secondary N) is 2. The van der Waals surface area contributed by atoms with Crippen molar-refractivity contribution in [2.24, 2.45) is 0 Å². The number of halogens is 1. The van der Waals surface area contributed by atoms with E-state index >= 15 is 0 Å². The van der Waals surface area contributed by atoms with Gasteiger partial charge in [-0.25, -0.2) is 4.98 Å². The second-order valence-electron chi connectivity index (χ2n) is 2.23. The topological polar surface area (TPSA) is 84.0 Å². The molecule has 0 spiro atoms. The Morgan fingerprint density at radius 1 is 1.36 bits per heavy atom. The van der Waals surface area contributed by atoms with E-state index in [0.717, 1.165) is 0 Å². The third kappa shape index (κ3) is 2.98. The highest BCUT2D eigenvalue weighted by molar-refractivity contribution is 6.27. The molecule has 1 rings (SSSR count). The van der Waals surface area contributed by atoms with Gasteiger partial charge in [-0.3, -0.25) is 25.4 Å². The summed E-state index contributed by atoms with van der Waals surface area (Å²) in [5.74, 6) is -1.26. The van der Waals surface area contributed by atoms with Crippen LogP contribution in [0.25, 0.3) is 0 Å². The van der Waals surface area contributed by atoms with Gasteiger partial charge in [0.1, 0.15) is 11.6 Å². The predicted molar refractivity (Wildman–Crippen MR) is 48.4 cm³/mol. The summed E-state index contributed by atoms with van der Waals surface area (Å²) in [6.07, 6.45) is 4.09. The molecule has 0 aromatic carbocycles. The predicted octanol–water partition coefficient (Wildman–Crippen LogP) is -0.524. The Hall–Kier alpha value is -1.69. The van der Waals surface area contributed by atoms with Gasteiger partial charge in [0.15, 0.2) is 0 Å². The molecule has 6 nitrogen and oxygen atoms in total. The van der Waals surface area contributed by atoms with Crippen molar-refractivity contribution in [1.82, 2.24) is 20.8 Å². The number of amides is 2. The third-order valence-electron chi connectivity index (χ3n) is 1.23. The largest absolute Gasteiger partial charge is 0.289 e. The number of carbonyl (C=O) groups is 2. The first kappa shape index (κ1) is 10.4. The molecule has 0 unspecified atom stereocenters. The molecule has 14 heavy (non-hydrogen) atoms. The van der Waals surface area contributed by atoms with Gasteiger partial charge in [0.2, 0.25) is 0 Å². The second-order valence-corrected chi connectivity index (χ2v) is 2.49. The minimum absolute atomic E-state index is 0.113. The maximum Gasteiger partial charge on any atom is 0.289 e. The number of nitrogens with zero attached hydrogens (tertiary/aromatic N) is 2. The van der Waals surface area contributed by atoms with E-state index in [1.807, 2.05) is 0 Å². The Balaban J connectivity index is 2.48. The summed E-state index contributed by atoms with van der Waals surface area (Å²) in [7, 11) is 0. The molecular weight excluding hydrogens is 208 g/mol. The van der Waals surface area contributed by atoms with Gasteiger partial charge in [0.25, 0.3) is 11.8 Å². The van der Waals surface area contributed by atoms with Gasteiger partial charge in [-0.05, 0) is 0 Å². The van der Waals surface area contributed by atoms with E-state index in [9.17, 15) is 9.59 Å². The lowest BCUT2D eigenvalue weighted by atomic mass is 10.4. The number of hydrogen-bond donors (Lipinski definition) is 2. The van der Waals surface area contributed by atoms with Gasteiger partial charge in [0.05, 0.1) is 6.20 Å². The lowest BCUT2D eigenvalue weighted by molar-refractivity contribution is -0.119. The Bertz CT molecular complexity index is 330. The van der Waals surface area contributed by atoms with Crippen LogP contribution in [0.3, 0.4) is 0 Å². The average molecular weight is 215 g/mol. The fourth-order valence-electron chi connectivity index (χ4n) is 0.640. The third-order valence-corrected chi connectivity index (χ3v) is 1.48. The second kappa shape index (κ2) is 5.13. The minimum atomic E-state index is -0.545. The smallest absolute Gasteiger partial charge is 0.272 e. The van der Waals surface area contributed by atoms with Gasteiger partial charge in [0, 0.05) is 12.4 Å². The van der Waals surface area contributed by atoms with Gasteiger partial charge in [-0.1, -0.05) is 0 Å². The van der Waals surface area contributed by atoms with E-state index in [1.165, 1.54) is 18.6 Å². The first-order valence-electron chi connectivity index (χ1n) is 3.65. The number of aromatic nitrogens is 2. The fraction of sp³-hybridized carbons (Fsp3) is 0.143. The van der Waals surface area contributed by atoms with Crippen molar-refractivity contribution in [1.29, 1.82) is 0 Å². The van der Waals surface area contributed by atoms with Crippen LogP contribution in [-0.2, 0) is 4.79 Å². The average Bonchev–Trinajstić information content (AvgIpc) is 2.26. The van der Waals surface area contributed by atoms with Crippen LogP contribution in [-0.4, -0.2) is 27.7 Å². The first-order valence-corrected chi connectivity index (χ1v) is 4.18. The van der Waals surface area contributed by atoms with E-state index in [1.54, 1.807) is 0 Å². The summed E-state index contributed by atoms with van der Waals surface area (Å²) >= 11 is 5.19. The first-order chi connectivity index (χ1) is 6.74. The molecule has 0 bridgehead atoms. The Morgan fingerprint density at radius 3 is 2.71 bits per heavy atom. The Morgan fingerprint density at radius 2 is 2.14 bits per heavy atom. The highest BCUT2D eigenvalue weighted by Gasteiger charge is 2.06. The molecule has 0 aliphatic carbocycles. The highest BCUT2D eigenvalue weighted by Crippen LogP contribution is 1.87. The molecule has 0 atom stereocenters. The zero-order valence-corrected chi connectivity index (χ0v) is 7.78. The van der Waals surface area contributed by atoms with Crippen LogP contribution in [0, 0.1) is 0 Å². The van der Waals surface area contributed by atoms with Crippen molar-refractivity contribution < 1.29 is 9.59 Å². The zero-order valence-electron chi connectivity index (χ0n) is 7.03. The van der Waals surface area contributed by atoms with Crippen LogP contribution in [0.5, 0.6) is 0 Å². The highest BCUT2D eigenvalue weighted by atomic mass is 35.5.